The highest BCUT2D eigenvalue weighted by Crippen LogP contribution is 2.25. The number of likely N-dealkylation sites (N-methyl/N-ethyl adjacent to an activating group) is 1. The zero-order valence-corrected chi connectivity index (χ0v) is 10.8. The number of rotatable bonds is 7. The minimum Gasteiger partial charge on any atom is -0.393 e. The van der Waals surface area contributed by atoms with Crippen LogP contribution in [0.4, 0.5) is 0 Å². The summed E-state index contributed by atoms with van der Waals surface area (Å²) in [5.41, 5.74) is 5.41. The molecule has 3 N–H and O–H groups in total. The molecule has 1 unspecified atom stereocenters. The van der Waals surface area contributed by atoms with Crippen molar-refractivity contribution in [2.45, 2.75) is 32.7 Å². The SMILES string of the molecule is CCN(CCNC(=O)C(C)C(N)=S)C1CC1. The van der Waals surface area contributed by atoms with Crippen LogP contribution in [0.5, 0.6) is 0 Å². The fourth-order valence-corrected chi connectivity index (χ4v) is 1.75. The number of carbonyl (C=O) groups is 1. The first kappa shape index (κ1) is 13.4. The average Bonchev–Trinajstić information content (AvgIpc) is 3.06. The van der Waals surface area contributed by atoms with Crippen LogP contribution in [0, 0.1) is 5.92 Å². The van der Waals surface area contributed by atoms with Crippen molar-refractivity contribution in [2.75, 3.05) is 19.6 Å². The third-order valence-corrected chi connectivity index (χ3v) is 3.34. The van der Waals surface area contributed by atoms with Crippen LogP contribution in [0.3, 0.4) is 0 Å². The molecule has 4 nitrogen and oxygen atoms in total. The van der Waals surface area contributed by atoms with Crippen molar-refractivity contribution in [2.24, 2.45) is 11.7 Å². The number of nitrogens with two attached hydrogens (primary N) is 1. The molecule has 0 bridgehead atoms. The van der Waals surface area contributed by atoms with Crippen LogP contribution in [0.1, 0.15) is 26.7 Å². The highest BCUT2D eigenvalue weighted by Gasteiger charge is 2.27. The van der Waals surface area contributed by atoms with Crippen molar-refractivity contribution in [3.8, 4) is 0 Å². The van der Waals surface area contributed by atoms with Gasteiger partial charge in [0.2, 0.25) is 5.91 Å². The maximum atomic E-state index is 11.5. The van der Waals surface area contributed by atoms with Gasteiger partial charge in [-0.3, -0.25) is 9.69 Å². The fraction of sp³-hybridized carbons (Fsp3) is 0.818. The Balaban J connectivity index is 2.18. The van der Waals surface area contributed by atoms with Gasteiger partial charge in [-0.05, 0) is 26.3 Å². The summed E-state index contributed by atoms with van der Waals surface area (Å²) in [6.45, 7) is 6.52. The zero-order chi connectivity index (χ0) is 12.1. The van der Waals surface area contributed by atoms with Gasteiger partial charge in [0.15, 0.2) is 0 Å². The molecule has 1 rings (SSSR count). The third-order valence-electron chi connectivity index (χ3n) is 2.99. The lowest BCUT2D eigenvalue weighted by Crippen LogP contribution is -2.40. The molecule has 0 heterocycles. The maximum absolute atomic E-state index is 11.5. The Morgan fingerprint density at radius 3 is 2.69 bits per heavy atom. The average molecular weight is 243 g/mol. The topological polar surface area (TPSA) is 58.4 Å². The second-order valence-corrected chi connectivity index (χ2v) is 4.75. The Hall–Kier alpha value is -0.680. The van der Waals surface area contributed by atoms with E-state index in [-0.39, 0.29) is 16.8 Å². The van der Waals surface area contributed by atoms with Gasteiger partial charge in [0.05, 0.1) is 10.9 Å². The monoisotopic (exact) mass is 243 g/mol. The number of hydrogen-bond donors (Lipinski definition) is 2. The van der Waals surface area contributed by atoms with Crippen molar-refractivity contribution in [3.05, 3.63) is 0 Å². The molecule has 1 fully saturated rings. The van der Waals surface area contributed by atoms with Crippen LogP contribution in [0.2, 0.25) is 0 Å². The molecule has 0 radical (unpaired) electrons. The lowest BCUT2D eigenvalue weighted by atomic mass is 10.1. The first-order valence-electron chi connectivity index (χ1n) is 5.87. The molecule has 0 spiro atoms. The molecule has 0 aromatic carbocycles. The normalized spacial score (nSPS) is 17.2. The molecule has 1 aliphatic carbocycles. The number of carbonyl (C=O) groups excluding carboxylic acids is 1. The molecule has 1 amide bonds. The summed E-state index contributed by atoms with van der Waals surface area (Å²) in [5.74, 6) is -0.439. The number of nitrogens with one attached hydrogen (secondary N) is 1. The Morgan fingerprint density at radius 2 is 2.25 bits per heavy atom. The first-order valence-corrected chi connectivity index (χ1v) is 6.28. The molecule has 92 valence electrons. The summed E-state index contributed by atoms with van der Waals surface area (Å²) in [4.78, 5) is 14.2. The van der Waals surface area contributed by atoms with Crippen LogP contribution in [0.15, 0.2) is 0 Å². The van der Waals surface area contributed by atoms with E-state index in [0.29, 0.717) is 6.54 Å². The van der Waals surface area contributed by atoms with Gasteiger partial charge < -0.3 is 11.1 Å². The summed E-state index contributed by atoms with van der Waals surface area (Å²) < 4.78 is 0. The second-order valence-electron chi connectivity index (χ2n) is 4.27. The smallest absolute Gasteiger partial charge is 0.229 e. The van der Waals surface area contributed by atoms with Crippen molar-refractivity contribution in [3.63, 3.8) is 0 Å². The summed E-state index contributed by atoms with van der Waals surface area (Å²) in [6, 6.07) is 0.745. The molecular weight excluding hydrogens is 222 g/mol. The molecule has 0 saturated heterocycles. The molecule has 0 aromatic heterocycles. The van der Waals surface area contributed by atoms with E-state index in [2.05, 4.69) is 17.1 Å². The highest BCUT2D eigenvalue weighted by molar-refractivity contribution is 7.80. The molecule has 16 heavy (non-hydrogen) atoms. The van der Waals surface area contributed by atoms with Crippen LogP contribution in [-0.2, 0) is 4.79 Å². The third kappa shape index (κ3) is 4.06. The highest BCUT2D eigenvalue weighted by atomic mass is 32.1. The quantitative estimate of drug-likeness (QED) is 0.640. The van der Waals surface area contributed by atoms with E-state index in [1.54, 1.807) is 6.92 Å². The summed E-state index contributed by atoms with van der Waals surface area (Å²) in [6.07, 6.45) is 2.59. The van der Waals surface area contributed by atoms with Gasteiger partial charge in [-0.1, -0.05) is 19.1 Å². The van der Waals surface area contributed by atoms with E-state index >= 15 is 0 Å². The molecule has 1 aliphatic rings. The van der Waals surface area contributed by atoms with Gasteiger partial charge in [0, 0.05) is 19.1 Å². The predicted octanol–water partition coefficient (Wildman–Crippen LogP) is 0.509. The van der Waals surface area contributed by atoms with Crippen LogP contribution >= 0.6 is 12.2 Å². The van der Waals surface area contributed by atoms with E-state index in [1.165, 1.54) is 12.8 Å². The fourth-order valence-electron chi connectivity index (χ4n) is 1.64. The summed E-state index contributed by atoms with van der Waals surface area (Å²) >= 11 is 4.78. The van der Waals surface area contributed by atoms with Gasteiger partial charge in [-0.15, -0.1) is 0 Å². The number of nitrogens with zero attached hydrogens (tertiary/aromatic N) is 1. The van der Waals surface area contributed by atoms with E-state index in [4.69, 9.17) is 18.0 Å². The van der Waals surface area contributed by atoms with Gasteiger partial charge in [-0.2, -0.15) is 0 Å². The van der Waals surface area contributed by atoms with Gasteiger partial charge in [0.25, 0.3) is 0 Å². The first-order chi connectivity index (χ1) is 7.56. The van der Waals surface area contributed by atoms with Gasteiger partial charge in [-0.25, -0.2) is 0 Å². The summed E-state index contributed by atoms with van der Waals surface area (Å²) in [5, 5.41) is 2.86. The minimum absolute atomic E-state index is 0.0700. The number of thiocarbonyl (C=S) groups is 1. The van der Waals surface area contributed by atoms with Crippen LogP contribution in [-0.4, -0.2) is 41.5 Å². The molecule has 5 heteroatoms. The Bertz CT molecular complexity index is 266. The van der Waals surface area contributed by atoms with E-state index < -0.39 is 0 Å². The van der Waals surface area contributed by atoms with E-state index in [0.717, 1.165) is 19.1 Å². The second kappa shape index (κ2) is 6.15. The maximum Gasteiger partial charge on any atom is 0.229 e. The Labute approximate surface area is 103 Å². The van der Waals surface area contributed by atoms with E-state index in [9.17, 15) is 4.79 Å². The molecule has 0 aliphatic heterocycles. The molecule has 1 atom stereocenters. The van der Waals surface area contributed by atoms with Crippen LogP contribution < -0.4 is 11.1 Å². The standard InChI is InChI=1S/C11H21N3OS/c1-3-14(9-4-5-9)7-6-13-11(15)8(2)10(12)16/h8-9H,3-7H2,1-2H3,(H2,12,16)(H,13,15). The largest absolute Gasteiger partial charge is 0.393 e. The minimum atomic E-state index is -0.369. The predicted molar refractivity (Wildman–Crippen MR) is 69.2 cm³/mol. The number of hydrogen-bond acceptors (Lipinski definition) is 3. The van der Waals surface area contributed by atoms with Gasteiger partial charge >= 0.3 is 0 Å². The Morgan fingerprint density at radius 1 is 1.62 bits per heavy atom. The lowest BCUT2D eigenvalue weighted by molar-refractivity contribution is -0.122. The van der Waals surface area contributed by atoms with Gasteiger partial charge in [0.1, 0.15) is 0 Å². The van der Waals surface area contributed by atoms with Crippen LogP contribution in [0.25, 0.3) is 0 Å². The van der Waals surface area contributed by atoms with E-state index in [1.807, 2.05) is 0 Å². The molecule has 1 saturated carbocycles. The van der Waals surface area contributed by atoms with Crippen molar-refractivity contribution in [1.82, 2.24) is 10.2 Å². The van der Waals surface area contributed by atoms with Crippen molar-refractivity contribution >= 4 is 23.1 Å². The molecular formula is C11H21N3OS. The number of amides is 1. The lowest BCUT2D eigenvalue weighted by Gasteiger charge is -2.20. The zero-order valence-electron chi connectivity index (χ0n) is 10.0. The Kier molecular flexibility index (Phi) is 5.15. The summed E-state index contributed by atoms with van der Waals surface area (Å²) in [7, 11) is 0. The van der Waals surface area contributed by atoms with Crippen molar-refractivity contribution < 1.29 is 4.79 Å². The molecule has 0 aromatic rings. The van der Waals surface area contributed by atoms with Crippen molar-refractivity contribution in [1.29, 1.82) is 0 Å².